The summed E-state index contributed by atoms with van der Waals surface area (Å²) in [7, 11) is 3.51. The van der Waals surface area contributed by atoms with Crippen molar-refractivity contribution in [2.45, 2.75) is 18.4 Å². The number of fused-ring (bicyclic) bond motifs is 3. The van der Waals surface area contributed by atoms with Crippen LogP contribution in [0.4, 0.5) is 5.69 Å². The summed E-state index contributed by atoms with van der Waals surface area (Å²) in [6.45, 7) is 0. The lowest BCUT2D eigenvalue weighted by Crippen LogP contribution is -2.60. The van der Waals surface area contributed by atoms with Gasteiger partial charge in [-0.05, 0) is 36.5 Å². The molecule has 0 saturated carbocycles. The molecular formula is C21H21N3O8. The lowest BCUT2D eigenvalue weighted by Gasteiger charge is -2.45. The molecule has 0 fully saturated rings. The summed E-state index contributed by atoms with van der Waals surface area (Å²) in [5, 5.41) is 55.3. The number of anilines is 1. The number of oxime groups is 1. The highest BCUT2D eigenvalue weighted by molar-refractivity contribution is 6.31. The fourth-order valence-electron chi connectivity index (χ4n) is 5.01. The number of primary amides is 1. The van der Waals surface area contributed by atoms with Crippen LogP contribution in [0, 0.1) is 11.8 Å². The quantitative estimate of drug-likeness (QED) is 0.208. The van der Waals surface area contributed by atoms with Crippen molar-refractivity contribution in [2.24, 2.45) is 22.7 Å². The molecule has 11 heteroatoms. The summed E-state index contributed by atoms with van der Waals surface area (Å²) in [5.74, 6) is -8.14. The van der Waals surface area contributed by atoms with Crippen molar-refractivity contribution in [1.29, 1.82) is 0 Å². The van der Waals surface area contributed by atoms with Crippen LogP contribution in [-0.4, -0.2) is 68.5 Å². The number of phenolic OH excluding ortho intramolecular Hbond substituents is 1. The van der Waals surface area contributed by atoms with E-state index >= 15 is 0 Å². The molecule has 3 aliphatic rings. The number of Topliss-reactive ketones (excluding diaryl/α,β-unsaturated/α-hetero) is 2. The molecule has 0 aliphatic heterocycles. The minimum Gasteiger partial charge on any atom is -0.508 e. The molecule has 3 atom stereocenters. The van der Waals surface area contributed by atoms with Crippen LogP contribution in [0.15, 0.2) is 40.0 Å². The molecule has 0 spiro atoms. The fourth-order valence-corrected chi connectivity index (χ4v) is 5.01. The number of carbonyl (C=O) groups excluding carboxylic acids is 3. The molecule has 0 unspecified atom stereocenters. The van der Waals surface area contributed by atoms with Gasteiger partial charge >= 0.3 is 0 Å². The SMILES string of the molecule is CN(C)c1ccc(O)c2c1C[C@H]1C[C@H]3/C(=N/O)C(O)=C(C(N)=O)C(=O)[C@@]3(O)C(O)=C1C2=O. The van der Waals surface area contributed by atoms with Crippen LogP contribution >= 0.6 is 0 Å². The van der Waals surface area contributed by atoms with Crippen molar-refractivity contribution in [1.82, 2.24) is 0 Å². The van der Waals surface area contributed by atoms with E-state index in [1.165, 1.54) is 6.07 Å². The van der Waals surface area contributed by atoms with Gasteiger partial charge in [-0.25, -0.2) is 0 Å². The Hall–Kier alpha value is -3.86. The Bertz CT molecular complexity index is 1200. The van der Waals surface area contributed by atoms with Crippen LogP contribution in [0.25, 0.3) is 0 Å². The van der Waals surface area contributed by atoms with Crippen LogP contribution in [-0.2, 0) is 16.0 Å². The van der Waals surface area contributed by atoms with Crippen molar-refractivity contribution >= 4 is 28.9 Å². The molecule has 32 heavy (non-hydrogen) atoms. The largest absolute Gasteiger partial charge is 0.508 e. The molecule has 168 valence electrons. The minimum absolute atomic E-state index is 0.0659. The molecule has 7 N–H and O–H groups in total. The summed E-state index contributed by atoms with van der Waals surface area (Å²) in [5.41, 5.74) is 1.44. The fraction of sp³-hybridized carbons (Fsp3) is 0.333. The molecule has 1 amide bonds. The summed E-state index contributed by atoms with van der Waals surface area (Å²) in [6, 6.07) is 2.96. The van der Waals surface area contributed by atoms with Gasteiger partial charge in [0.15, 0.2) is 17.1 Å². The molecule has 0 radical (unpaired) electrons. The number of aliphatic hydroxyl groups is 3. The number of aromatic hydroxyl groups is 1. The van der Waals surface area contributed by atoms with Gasteiger partial charge in [0.1, 0.15) is 22.8 Å². The Morgan fingerprint density at radius 2 is 1.88 bits per heavy atom. The number of rotatable bonds is 2. The van der Waals surface area contributed by atoms with Gasteiger partial charge in [-0.1, -0.05) is 5.16 Å². The lowest BCUT2D eigenvalue weighted by molar-refractivity contribution is -0.139. The molecule has 4 rings (SSSR count). The first-order valence-corrected chi connectivity index (χ1v) is 9.69. The van der Waals surface area contributed by atoms with Gasteiger partial charge in [-0.2, -0.15) is 0 Å². The first-order chi connectivity index (χ1) is 15.0. The van der Waals surface area contributed by atoms with E-state index in [0.717, 1.165) is 0 Å². The maximum atomic E-state index is 13.4. The highest BCUT2D eigenvalue weighted by Gasteiger charge is 2.62. The highest BCUT2D eigenvalue weighted by atomic mass is 16.4. The van der Waals surface area contributed by atoms with E-state index in [4.69, 9.17) is 5.73 Å². The van der Waals surface area contributed by atoms with E-state index in [1.54, 1.807) is 25.1 Å². The van der Waals surface area contributed by atoms with Gasteiger partial charge in [-0.3, -0.25) is 14.4 Å². The predicted octanol–water partition coefficient (Wildman–Crippen LogP) is 0.0866. The number of benzene rings is 1. The second-order valence-corrected chi connectivity index (χ2v) is 8.30. The van der Waals surface area contributed by atoms with Crippen molar-refractivity contribution in [3.8, 4) is 5.75 Å². The van der Waals surface area contributed by atoms with E-state index < -0.39 is 57.7 Å². The number of ketones is 2. The molecule has 0 bridgehead atoms. The maximum Gasteiger partial charge on any atom is 0.256 e. The third-order valence-corrected chi connectivity index (χ3v) is 6.46. The van der Waals surface area contributed by atoms with E-state index in [2.05, 4.69) is 5.16 Å². The molecule has 0 aromatic heterocycles. The van der Waals surface area contributed by atoms with Gasteiger partial charge < -0.3 is 36.3 Å². The molecule has 1 aromatic carbocycles. The zero-order valence-electron chi connectivity index (χ0n) is 17.2. The zero-order chi connectivity index (χ0) is 23.7. The van der Waals surface area contributed by atoms with Crippen molar-refractivity contribution in [3.05, 3.63) is 45.9 Å². The number of hydrogen-bond donors (Lipinski definition) is 6. The normalized spacial score (nSPS) is 28.4. The topological polar surface area (TPSA) is 194 Å². The first kappa shape index (κ1) is 21.4. The molecule has 1 aromatic rings. The number of carbonyl (C=O) groups is 3. The van der Waals surface area contributed by atoms with E-state index in [1.807, 2.05) is 0 Å². The molecular weight excluding hydrogens is 422 g/mol. The first-order valence-electron chi connectivity index (χ1n) is 9.69. The van der Waals surface area contributed by atoms with Crippen LogP contribution in [0.1, 0.15) is 22.3 Å². The standard InChI is InChI=1S/C21H21N3O8/c1-24(2)10-3-4-11(25)13-8(10)5-7-6-9-15(23-32)17(27)14(20(22)30)19(29)21(9,31)18(28)12(7)16(13)26/h3-4,7,9,25,27-28,31-32H,5-6H2,1-2H3,(H2,22,30)/b23-15-/t7-,9-,21-/m0/s1. The smallest absolute Gasteiger partial charge is 0.256 e. The highest BCUT2D eigenvalue weighted by Crippen LogP contribution is 2.51. The second-order valence-electron chi connectivity index (χ2n) is 8.30. The van der Waals surface area contributed by atoms with E-state index in [9.17, 15) is 40.0 Å². The van der Waals surface area contributed by atoms with E-state index in [0.29, 0.717) is 11.3 Å². The van der Waals surface area contributed by atoms with Crippen LogP contribution in [0.2, 0.25) is 0 Å². The zero-order valence-corrected chi connectivity index (χ0v) is 17.2. The summed E-state index contributed by atoms with van der Waals surface area (Å²) < 4.78 is 0. The third kappa shape index (κ3) is 2.51. The van der Waals surface area contributed by atoms with Crippen molar-refractivity contribution in [2.75, 3.05) is 19.0 Å². The van der Waals surface area contributed by atoms with Gasteiger partial charge in [0.2, 0.25) is 5.78 Å². The van der Waals surface area contributed by atoms with Crippen LogP contribution < -0.4 is 10.6 Å². The Balaban J connectivity index is 1.99. The van der Waals surface area contributed by atoms with Gasteiger partial charge in [-0.15, -0.1) is 0 Å². The molecule has 0 heterocycles. The number of nitrogens with two attached hydrogens (primary N) is 1. The summed E-state index contributed by atoms with van der Waals surface area (Å²) in [4.78, 5) is 39.8. The third-order valence-electron chi connectivity index (χ3n) is 6.46. The Morgan fingerprint density at radius 1 is 1.22 bits per heavy atom. The summed E-state index contributed by atoms with van der Waals surface area (Å²) in [6.07, 6.45) is -0.0279. The van der Waals surface area contributed by atoms with Crippen LogP contribution in [0.3, 0.4) is 0 Å². The monoisotopic (exact) mass is 443 g/mol. The van der Waals surface area contributed by atoms with Gasteiger partial charge in [0.05, 0.1) is 11.5 Å². The lowest BCUT2D eigenvalue weighted by atomic mass is 9.59. The molecule has 11 nitrogen and oxygen atoms in total. The van der Waals surface area contributed by atoms with Gasteiger partial charge in [0, 0.05) is 25.4 Å². The number of nitrogens with zero attached hydrogens (tertiary/aromatic N) is 2. The van der Waals surface area contributed by atoms with Crippen LogP contribution in [0.5, 0.6) is 5.75 Å². The number of allylic oxidation sites excluding steroid dienone is 2. The van der Waals surface area contributed by atoms with E-state index in [-0.39, 0.29) is 29.7 Å². The molecule has 0 saturated heterocycles. The Morgan fingerprint density at radius 3 is 2.44 bits per heavy atom. The number of phenols is 1. The minimum atomic E-state index is -2.86. The average molecular weight is 443 g/mol. The number of aliphatic hydroxyl groups excluding tert-OH is 2. The number of amides is 1. The average Bonchev–Trinajstić information content (AvgIpc) is 2.70. The van der Waals surface area contributed by atoms with Gasteiger partial charge in [0.25, 0.3) is 5.91 Å². The Labute approximate surface area is 181 Å². The molecule has 3 aliphatic carbocycles. The van der Waals surface area contributed by atoms with Crippen molar-refractivity contribution < 1.29 is 40.0 Å². The second kappa shape index (κ2) is 6.82. The summed E-state index contributed by atoms with van der Waals surface area (Å²) >= 11 is 0. The maximum absolute atomic E-state index is 13.4. The number of hydrogen-bond acceptors (Lipinski definition) is 10. The van der Waals surface area contributed by atoms with Crippen molar-refractivity contribution in [3.63, 3.8) is 0 Å². The Kier molecular flexibility index (Phi) is 4.56. The predicted molar refractivity (Wildman–Crippen MR) is 110 cm³/mol.